The first-order valence-electron chi connectivity index (χ1n) is 4.20. The minimum atomic E-state index is 1.32. The molecule has 0 unspecified atom stereocenters. The van der Waals surface area contributed by atoms with E-state index in [0.717, 1.165) is 0 Å². The lowest BCUT2D eigenvalue weighted by molar-refractivity contribution is 1.48. The number of hydrogen-bond acceptors (Lipinski definition) is 0. The highest BCUT2D eigenvalue weighted by molar-refractivity contribution is 5.11. The van der Waals surface area contributed by atoms with Crippen LogP contribution in [0.15, 0.2) is 30.3 Å². The molecule has 66 valence electrons. The number of rotatable bonds is 0. The van der Waals surface area contributed by atoms with Gasteiger partial charge in [0.2, 0.25) is 0 Å². The Morgan fingerprint density at radius 1 is 1.08 bits per heavy atom. The first-order chi connectivity index (χ1) is 5.81. The van der Waals surface area contributed by atoms with Gasteiger partial charge in [0.25, 0.3) is 0 Å². The van der Waals surface area contributed by atoms with E-state index in [0.29, 0.717) is 0 Å². The van der Waals surface area contributed by atoms with Crippen molar-refractivity contribution in [2.45, 2.75) is 27.7 Å². The second kappa shape index (κ2) is 12.5. The molecule has 0 aliphatic rings. The predicted octanol–water partition coefficient (Wildman–Crippen LogP) is 3.66. The lowest BCUT2D eigenvalue weighted by Gasteiger charge is -1.82. The molecule has 0 aromatic heterocycles. The van der Waals surface area contributed by atoms with Crippen molar-refractivity contribution in [2.24, 2.45) is 0 Å². The summed E-state index contributed by atoms with van der Waals surface area (Å²) in [5.74, 6) is 2.25. The lowest BCUT2D eigenvalue weighted by Crippen LogP contribution is -1.62. The highest BCUT2D eigenvalue weighted by Crippen LogP contribution is 1.92. The van der Waals surface area contributed by atoms with E-state index in [2.05, 4.69) is 31.4 Å². The minimum Gasteiger partial charge on any atom is -0.120 e. The molecular formula is C12H18. The second-order valence-electron chi connectivity index (χ2n) is 1.94. The summed E-state index contributed by atoms with van der Waals surface area (Å²) in [6.07, 6.45) is 4.60. The van der Waals surface area contributed by atoms with Gasteiger partial charge in [-0.3, -0.25) is 0 Å². The third-order valence-corrected chi connectivity index (χ3v) is 0.940. The molecule has 0 saturated carbocycles. The largest absolute Gasteiger partial charge is 0.120 e. The molecule has 1 aromatic carbocycles. The van der Waals surface area contributed by atoms with Crippen LogP contribution in [-0.4, -0.2) is 0 Å². The van der Waals surface area contributed by atoms with Crippen LogP contribution in [0.3, 0.4) is 0 Å². The summed E-state index contributed by atoms with van der Waals surface area (Å²) in [5, 5.41) is 0. The molecular weight excluding hydrogens is 144 g/mol. The van der Waals surface area contributed by atoms with Gasteiger partial charge in [-0.2, -0.15) is 0 Å². The molecule has 0 spiro atoms. The highest BCUT2D eigenvalue weighted by Gasteiger charge is 1.72. The third-order valence-electron chi connectivity index (χ3n) is 0.940. The summed E-state index contributed by atoms with van der Waals surface area (Å²) in [6, 6.07) is 10.3. The summed E-state index contributed by atoms with van der Waals surface area (Å²) in [7, 11) is 0. The normalized spacial score (nSPS) is 6.25. The Hall–Kier alpha value is -1.22. The van der Waals surface area contributed by atoms with Crippen molar-refractivity contribution < 1.29 is 0 Å². The molecule has 1 rings (SSSR count). The van der Waals surface area contributed by atoms with Gasteiger partial charge in [0.05, 0.1) is 0 Å². The summed E-state index contributed by atoms with van der Waals surface area (Å²) in [4.78, 5) is 0. The Bertz CT molecular complexity index is 191. The van der Waals surface area contributed by atoms with E-state index in [9.17, 15) is 0 Å². The molecule has 0 saturated heterocycles. The Morgan fingerprint density at radius 3 is 1.58 bits per heavy atom. The molecule has 0 radical (unpaired) electrons. The maximum Gasteiger partial charge on any atom is -0.00297 e. The van der Waals surface area contributed by atoms with Crippen molar-refractivity contribution in [3.63, 3.8) is 0 Å². The van der Waals surface area contributed by atoms with Gasteiger partial charge in [-0.1, -0.05) is 49.7 Å². The molecule has 0 aliphatic carbocycles. The van der Waals surface area contributed by atoms with Crippen LogP contribution in [0, 0.1) is 19.3 Å². The molecule has 0 aliphatic heterocycles. The lowest BCUT2D eigenvalue weighted by atomic mass is 10.2. The molecule has 0 bridgehead atoms. The zero-order valence-electron chi connectivity index (χ0n) is 8.46. The van der Waals surface area contributed by atoms with Crippen molar-refractivity contribution in [3.8, 4) is 12.3 Å². The van der Waals surface area contributed by atoms with E-state index in [1.807, 2.05) is 32.0 Å². The van der Waals surface area contributed by atoms with Crippen molar-refractivity contribution >= 4 is 0 Å². The van der Waals surface area contributed by atoms with Crippen LogP contribution >= 0.6 is 0 Å². The Labute approximate surface area is 76.6 Å². The van der Waals surface area contributed by atoms with Crippen LogP contribution in [-0.2, 0) is 0 Å². The summed E-state index contributed by atoms with van der Waals surface area (Å²) in [6.45, 7) is 7.74. The fraction of sp³-hybridized carbons (Fsp3) is 0.333. The van der Waals surface area contributed by atoms with E-state index < -0.39 is 0 Å². The topological polar surface area (TPSA) is 0 Å². The molecule has 0 fully saturated rings. The van der Waals surface area contributed by atoms with Crippen LogP contribution < -0.4 is 0 Å². The fourth-order valence-corrected chi connectivity index (χ4v) is 0.534. The second-order valence-corrected chi connectivity index (χ2v) is 1.94. The number of hydrogen-bond donors (Lipinski definition) is 0. The summed E-state index contributed by atoms with van der Waals surface area (Å²) < 4.78 is 0. The van der Waals surface area contributed by atoms with E-state index in [1.165, 1.54) is 5.56 Å². The van der Waals surface area contributed by atoms with Crippen molar-refractivity contribution in [1.82, 2.24) is 0 Å². The minimum absolute atomic E-state index is 1.32. The van der Waals surface area contributed by atoms with E-state index in [-0.39, 0.29) is 0 Å². The van der Waals surface area contributed by atoms with Crippen molar-refractivity contribution in [1.29, 1.82) is 0 Å². The van der Waals surface area contributed by atoms with Gasteiger partial charge in [-0.05, 0) is 13.8 Å². The fourth-order valence-electron chi connectivity index (χ4n) is 0.534. The van der Waals surface area contributed by atoms with Gasteiger partial charge in [0.1, 0.15) is 0 Å². The molecule has 0 atom stereocenters. The van der Waals surface area contributed by atoms with E-state index in [4.69, 9.17) is 0 Å². The average molecular weight is 162 g/mol. The molecule has 0 heterocycles. The monoisotopic (exact) mass is 162 g/mol. The smallest absolute Gasteiger partial charge is 0.00297 e. The molecule has 1 aromatic rings. The maximum absolute atomic E-state index is 4.60. The molecule has 0 heteroatoms. The third kappa shape index (κ3) is 11.6. The molecule has 0 amide bonds. The highest BCUT2D eigenvalue weighted by atomic mass is 13.8. The summed E-state index contributed by atoms with van der Waals surface area (Å²) in [5.41, 5.74) is 1.32. The maximum atomic E-state index is 4.60. The van der Waals surface area contributed by atoms with Gasteiger partial charge in [-0.15, -0.1) is 12.3 Å². The van der Waals surface area contributed by atoms with Crippen LogP contribution in [0.5, 0.6) is 0 Å². The van der Waals surface area contributed by atoms with Gasteiger partial charge < -0.3 is 0 Å². The first kappa shape index (κ1) is 13.4. The number of terminal acetylenes is 1. The van der Waals surface area contributed by atoms with Crippen LogP contribution in [0.1, 0.15) is 26.3 Å². The number of aryl methyl sites for hydroxylation is 1. The Kier molecular flexibility index (Phi) is 13.9. The van der Waals surface area contributed by atoms with Crippen LogP contribution in [0.2, 0.25) is 0 Å². The van der Waals surface area contributed by atoms with Gasteiger partial charge >= 0.3 is 0 Å². The van der Waals surface area contributed by atoms with Gasteiger partial charge in [0.15, 0.2) is 0 Å². The molecule has 0 nitrogen and oxygen atoms in total. The predicted molar refractivity (Wildman–Crippen MR) is 57.0 cm³/mol. The van der Waals surface area contributed by atoms with Crippen molar-refractivity contribution in [2.75, 3.05) is 0 Å². The van der Waals surface area contributed by atoms with Crippen LogP contribution in [0.25, 0.3) is 0 Å². The Morgan fingerprint density at radius 2 is 1.42 bits per heavy atom. The van der Waals surface area contributed by atoms with Gasteiger partial charge in [0, 0.05) is 0 Å². The standard InChI is InChI=1S/C7H8.C3H4.C2H6/c1-7-5-3-2-4-6-7;1-3-2;1-2/h2-6H,1H3;1H,2H3;1-2H3. The molecule has 0 N–H and O–H groups in total. The zero-order valence-corrected chi connectivity index (χ0v) is 8.46. The number of benzene rings is 1. The molecule has 12 heavy (non-hydrogen) atoms. The zero-order chi connectivity index (χ0) is 9.82. The average Bonchev–Trinajstić information content (AvgIpc) is 2.11. The summed E-state index contributed by atoms with van der Waals surface area (Å²) >= 11 is 0. The van der Waals surface area contributed by atoms with Gasteiger partial charge in [-0.25, -0.2) is 0 Å². The van der Waals surface area contributed by atoms with E-state index >= 15 is 0 Å². The quantitative estimate of drug-likeness (QED) is 0.511. The van der Waals surface area contributed by atoms with Crippen molar-refractivity contribution in [3.05, 3.63) is 35.9 Å². The van der Waals surface area contributed by atoms with E-state index in [1.54, 1.807) is 6.92 Å². The first-order valence-corrected chi connectivity index (χ1v) is 4.20. The Balaban J connectivity index is 0. The van der Waals surface area contributed by atoms with Crippen LogP contribution in [0.4, 0.5) is 0 Å². The SMILES string of the molecule is C#CC.CC.Cc1ccccc1.